The van der Waals surface area contributed by atoms with Gasteiger partial charge in [0, 0.05) is 31.0 Å². The summed E-state index contributed by atoms with van der Waals surface area (Å²) in [5.74, 6) is 0.594. The largest absolute Gasteiger partial charge is 0.357 e. The highest BCUT2D eigenvalue weighted by atomic mass is 16.2. The lowest BCUT2D eigenvalue weighted by Gasteiger charge is -2.25. The molecule has 1 aliphatic heterocycles. The Morgan fingerprint density at radius 2 is 1.80 bits per heavy atom. The molecule has 158 valence electrons. The second kappa shape index (κ2) is 9.28. The molecule has 0 radical (unpaired) electrons. The number of hydrogen-bond acceptors (Lipinski definition) is 4. The van der Waals surface area contributed by atoms with Gasteiger partial charge < -0.3 is 10.2 Å². The summed E-state index contributed by atoms with van der Waals surface area (Å²) in [6.07, 6.45) is 8.34. The topological polar surface area (TPSA) is 65.5 Å². The van der Waals surface area contributed by atoms with Crippen molar-refractivity contribution in [1.82, 2.24) is 10.3 Å². The maximum Gasteiger partial charge on any atom is 0.260 e. The van der Waals surface area contributed by atoms with E-state index in [0.717, 1.165) is 55.8 Å². The highest BCUT2D eigenvalue weighted by Crippen LogP contribution is 2.23. The molecule has 2 aromatic rings. The molecule has 4 rings (SSSR count). The first kappa shape index (κ1) is 20.4. The number of anilines is 2. The number of rotatable bonds is 6. The van der Waals surface area contributed by atoms with Gasteiger partial charge in [0.1, 0.15) is 12.4 Å². The highest BCUT2D eigenvalue weighted by molar-refractivity contribution is 6.09. The second-order valence-corrected chi connectivity index (χ2v) is 8.33. The Morgan fingerprint density at radius 1 is 1.07 bits per heavy atom. The summed E-state index contributed by atoms with van der Waals surface area (Å²) in [6, 6.07) is 11.6. The third kappa shape index (κ3) is 4.64. The van der Waals surface area contributed by atoms with Crippen LogP contribution in [0.15, 0.2) is 42.6 Å². The van der Waals surface area contributed by atoms with Gasteiger partial charge in [-0.15, -0.1) is 0 Å². The van der Waals surface area contributed by atoms with E-state index in [9.17, 15) is 9.59 Å². The van der Waals surface area contributed by atoms with E-state index in [0.29, 0.717) is 5.56 Å². The summed E-state index contributed by atoms with van der Waals surface area (Å²) in [4.78, 5) is 34.5. The maximum absolute atomic E-state index is 13.4. The number of amides is 2. The van der Waals surface area contributed by atoms with Crippen LogP contribution in [0.3, 0.4) is 0 Å². The van der Waals surface area contributed by atoms with Gasteiger partial charge in [-0.05, 0) is 56.4 Å². The minimum absolute atomic E-state index is 0.00800. The fraction of sp³-hybridized carbons (Fsp3) is 0.458. The quantitative estimate of drug-likeness (QED) is 0.795. The lowest BCUT2D eigenvalue weighted by molar-refractivity contribution is -0.120. The summed E-state index contributed by atoms with van der Waals surface area (Å²) in [6.45, 7) is 3.99. The van der Waals surface area contributed by atoms with Crippen molar-refractivity contribution >= 4 is 23.3 Å². The molecule has 1 N–H and O–H groups in total. The molecule has 2 amide bonds. The van der Waals surface area contributed by atoms with E-state index < -0.39 is 0 Å². The Balaban J connectivity index is 1.54. The molecule has 0 unspecified atom stereocenters. The zero-order valence-electron chi connectivity index (χ0n) is 17.6. The number of carbonyl (C=O) groups excluding carboxylic acids is 2. The Hall–Kier alpha value is -2.89. The summed E-state index contributed by atoms with van der Waals surface area (Å²) < 4.78 is 0. The van der Waals surface area contributed by atoms with E-state index in [2.05, 4.69) is 15.2 Å². The molecule has 2 fully saturated rings. The van der Waals surface area contributed by atoms with Crippen molar-refractivity contribution in [3.63, 3.8) is 0 Å². The molecule has 1 saturated carbocycles. The predicted molar refractivity (Wildman–Crippen MR) is 119 cm³/mol. The van der Waals surface area contributed by atoms with Crippen molar-refractivity contribution in [2.45, 2.75) is 51.5 Å². The van der Waals surface area contributed by atoms with E-state index in [4.69, 9.17) is 0 Å². The predicted octanol–water partition coefficient (Wildman–Crippen LogP) is 3.70. The fourth-order valence-electron chi connectivity index (χ4n) is 4.42. The number of nitrogens with zero attached hydrogens (tertiary/aromatic N) is 3. The van der Waals surface area contributed by atoms with E-state index >= 15 is 0 Å². The Bertz CT molecular complexity index is 884. The molecular formula is C24H30N4O2. The molecular weight excluding hydrogens is 376 g/mol. The number of aromatic nitrogens is 1. The highest BCUT2D eigenvalue weighted by Gasteiger charge is 2.25. The molecule has 1 aromatic carbocycles. The van der Waals surface area contributed by atoms with Crippen LogP contribution in [0, 0.1) is 6.92 Å². The van der Waals surface area contributed by atoms with Gasteiger partial charge in [-0.25, -0.2) is 4.98 Å². The first-order valence-electron chi connectivity index (χ1n) is 11.0. The molecule has 0 atom stereocenters. The summed E-state index contributed by atoms with van der Waals surface area (Å²) in [7, 11) is 0. The van der Waals surface area contributed by atoms with Gasteiger partial charge in [-0.2, -0.15) is 0 Å². The first-order valence-corrected chi connectivity index (χ1v) is 11.0. The molecule has 30 heavy (non-hydrogen) atoms. The zero-order chi connectivity index (χ0) is 20.9. The Labute approximate surface area is 178 Å². The lowest BCUT2D eigenvalue weighted by Crippen LogP contribution is -2.44. The van der Waals surface area contributed by atoms with Crippen LogP contribution < -0.4 is 15.1 Å². The number of aryl methyl sites for hydroxylation is 1. The summed E-state index contributed by atoms with van der Waals surface area (Å²) in [5, 5.41) is 3.10. The molecule has 0 bridgehead atoms. The SMILES string of the molecule is Cc1ccccc1N(CC(=O)NC1CCCC1)C(=O)c1ccc(N2CCCC2)nc1. The van der Waals surface area contributed by atoms with Gasteiger partial charge in [-0.1, -0.05) is 31.0 Å². The lowest BCUT2D eigenvalue weighted by atomic mass is 10.1. The van der Waals surface area contributed by atoms with Crippen molar-refractivity contribution in [2.75, 3.05) is 29.4 Å². The number of carbonyl (C=O) groups is 2. The first-order chi connectivity index (χ1) is 14.6. The van der Waals surface area contributed by atoms with Gasteiger partial charge in [0.2, 0.25) is 5.91 Å². The van der Waals surface area contributed by atoms with Crippen molar-refractivity contribution in [3.05, 3.63) is 53.7 Å². The third-order valence-corrected chi connectivity index (χ3v) is 6.10. The van der Waals surface area contributed by atoms with Crippen molar-refractivity contribution in [1.29, 1.82) is 0 Å². The summed E-state index contributed by atoms with van der Waals surface area (Å²) in [5.41, 5.74) is 2.21. The molecule has 6 heteroatoms. The Morgan fingerprint density at radius 3 is 2.47 bits per heavy atom. The van der Waals surface area contributed by atoms with Gasteiger partial charge in [0.25, 0.3) is 5.91 Å². The third-order valence-electron chi connectivity index (χ3n) is 6.10. The average molecular weight is 407 g/mol. The van der Waals surface area contributed by atoms with Crippen LogP contribution in [-0.4, -0.2) is 42.5 Å². The van der Waals surface area contributed by atoms with Crippen LogP contribution in [0.2, 0.25) is 0 Å². The number of pyridine rings is 1. The van der Waals surface area contributed by atoms with Crippen molar-refractivity contribution in [2.24, 2.45) is 0 Å². The minimum Gasteiger partial charge on any atom is -0.357 e. The number of nitrogens with one attached hydrogen (secondary N) is 1. The molecule has 2 aliphatic rings. The average Bonchev–Trinajstić information content (AvgIpc) is 3.47. The van der Waals surface area contributed by atoms with Crippen molar-refractivity contribution in [3.8, 4) is 0 Å². The van der Waals surface area contributed by atoms with Crippen LogP contribution in [0.4, 0.5) is 11.5 Å². The molecule has 1 saturated heterocycles. The van der Waals surface area contributed by atoms with Crippen LogP contribution in [0.5, 0.6) is 0 Å². The Kier molecular flexibility index (Phi) is 6.31. The van der Waals surface area contributed by atoms with Crippen LogP contribution in [-0.2, 0) is 4.79 Å². The molecule has 1 aromatic heterocycles. The van der Waals surface area contributed by atoms with Gasteiger partial charge >= 0.3 is 0 Å². The van der Waals surface area contributed by atoms with Crippen LogP contribution in [0.25, 0.3) is 0 Å². The molecule has 2 heterocycles. The van der Waals surface area contributed by atoms with Gasteiger partial charge in [-0.3, -0.25) is 14.5 Å². The maximum atomic E-state index is 13.4. The van der Waals surface area contributed by atoms with Gasteiger partial charge in [0.05, 0.1) is 5.56 Å². The van der Waals surface area contributed by atoms with E-state index in [1.165, 1.54) is 12.8 Å². The van der Waals surface area contributed by atoms with E-state index in [-0.39, 0.29) is 24.4 Å². The number of hydrogen-bond donors (Lipinski definition) is 1. The zero-order valence-corrected chi connectivity index (χ0v) is 17.6. The normalized spacial score (nSPS) is 16.6. The molecule has 6 nitrogen and oxygen atoms in total. The monoisotopic (exact) mass is 406 g/mol. The number of benzene rings is 1. The molecule has 0 spiro atoms. The fourth-order valence-corrected chi connectivity index (χ4v) is 4.42. The minimum atomic E-state index is -0.202. The van der Waals surface area contributed by atoms with Crippen LogP contribution >= 0.6 is 0 Å². The summed E-state index contributed by atoms with van der Waals surface area (Å²) >= 11 is 0. The smallest absolute Gasteiger partial charge is 0.260 e. The van der Waals surface area contributed by atoms with Gasteiger partial charge in [0.15, 0.2) is 0 Å². The number of para-hydroxylation sites is 1. The van der Waals surface area contributed by atoms with Crippen molar-refractivity contribution < 1.29 is 9.59 Å². The van der Waals surface area contributed by atoms with Crippen LogP contribution in [0.1, 0.15) is 54.4 Å². The van der Waals surface area contributed by atoms with E-state index in [1.807, 2.05) is 43.3 Å². The van der Waals surface area contributed by atoms with E-state index in [1.54, 1.807) is 11.1 Å². The second-order valence-electron chi connectivity index (χ2n) is 8.33. The molecule has 1 aliphatic carbocycles. The standard InChI is InChI=1S/C24H30N4O2/c1-18-8-2-5-11-21(18)28(17-23(29)26-20-9-3-4-10-20)24(30)19-12-13-22(25-16-19)27-14-6-7-15-27/h2,5,8,11-13,16,20H,3-4,6-7,9-10,14-15,17H2,1H3,(H,26,29).